The topological polar surface area (TPSA) is 134 Å². The van der Waals surface area contributed by atoms with Gasteiger partial charge in [-0.25, -0.2) is 19.7 Å². The highest BCUT2D eigenvalue weighted by atomic mass is 16.5. The van der Waals surface area contributed by atoms with E-state index in [0.717, 1.165) is 39.0 Å². The van der Waals surface area contributed by atoms with Gasteiger partial charge in [0.25, 0.3) is 0 Å². The molecule has 216 valence electrons. The molecule has 2 amide bonds. The van der Waals surface area contributed by atoms with E-state index < -0.39 is 18.2 Å². The Morgan fingerprint density at radius 3 is 2.33 bits per heavy atom. The zero-order valence-corrected chi connectivity index (χ0v) is 24.1. The van der Waals surface area contributed by atoms with Gasteiger partial charge in [0, 0.05) is 11.1 Å². The van der Waals surface area contributed by atoms with Crippen LogP contribution in [0.15, 0.2) is 92.1 Å². The van der Waals surface area contributed by atoms with Crippen molar-refractivity contribution >= 4 is 28.7 Å². The summed E-state index contributed by atoms with van der Waals surface area (Å²) in [5.74, 6) is 0.834. The van der Waals surface area contributed by atoms with Gasteiger partial charge >= 0.3 is 6.09 Å². The Morgan fingerprint density at radius 1 is 0.952 bits per heavy atom. The van der Waals surface area contributed by atoms with Gasteiger partial charge in [0.1, 0.15) is 24.0 Å². The van der Waals surface area contributed by atoms with E-state index in [0.29, 0.717) is 11.6 Å². The maximum Gasteiger partial charge on any atom is 0.407 e. The van der Waals surface area contributed by atoms with Gasteiger partial charge in [-0.1, -0.05) is 63.4 Å². The van der Waals surface area contributed by atoms with Crippen LogP contribution in [0.1, 0.15) is 32.6 Å². The highest BCUT2D eigenvalue weighted by Crippen LogP contribution is 2.29. The van der Waals surface area contributed by atoms with Crippen LogP contribution in [-0.2, 0) is 9.53 Å². The molecular formula is C32H35N7O3. The van der Waals surface area contributed by atoms with Crippen molar-refractivity contribution < 1.29 is 14.3 Å². The minimum atomic E-state index is -0.733. The second-order valence-corrected chi connectivity index (χ2v) is 9.99. The van der Waals surface area contributed by atoms with E-state index in [4.69, 9.17) is 0 Å². The van der Waals surface area contributed by atoms with Crippen LogP contribution < -0.4 is 16.0 Å². The van der Waals surface area contributed by atoms with Crippen LogP contribution >= 0.6 is 0 Å². The number of carbonyl (C=O) groups is 2. The number of hydrogen-bond donors (Lipinski definition) is 4. The number of nitrogens with zero attached hydrogens (tertiary/aromatic N) is 3. The number of nitrogens with one attached hydrogen (secondary N) is 4. The molecular weight excluding hydrogens is 530 g/mol. The summed E-state index contributed by atoms with van der Waals surface area (Å²) in [7, 11) is 1.26. The Labute approximate surface area is 245 Å². The number of amides is 2. The maximum atomic E-state index is 12.8. The third-order valence-corrected chi connectivity index (χ3v) is 6.72. The molecule has 4 aromatic rings. The summed E-state index contributed by atoms with van der Waals surface area (Å²) in [4.78, 5) is 41.1. The van der Waals surface area contributed by atoms with E-state index in [1.54, 1.807) is 18.3 Å². The fraction of sp³-hybridized carbons (Fsp3) is 0.219. The molecule has 10 heteroatoms. The Kier molecular flexibility index (Phi) is 9.49. The van der Waals surface area contributed by atoms with Crippen molar-refractivity contribution in [3.8, 4) is 22.4 Å². The lowest BCUT2D eigenvalue weighted by molar-refractivity contribution is -0.124. The van der Waals surface area contributed by atoms with Gasteiger partial charge in [0.2, 0.25) is 5.91 Å². The van der Waals surface area contributed by atoms with E-state index in [1.165, 1.54) is 13.4 Å². The molecule has 0 aliphatic rings. The molecule has 0 aliphatic carbocycles. The number of alkyl carbamates (subject to hydrolysis) is 1. The average molecular weight is 566 g/mol. The fourth-order valence-corrected chi connectivity index (χ4v) is 4.40. The third kappa shape index (κ3) is 6.90. The number of benzene rings is 2. The van der Waals surface area contributed by atoms with Crippen molar-refractivity contribution in [2.75, 3.05) is 12.4 Å². The van der Waals surface area contributed by atoms with Gasteiger partial charge in [0.05, 0.1) is 30.6 Å². The van der Waals surface area contributed by atoms with Crippen molar-refractivity contribution in [3.63, 3.8) is 0 Å². The van der Waals surface area contributed by atoms with E-state index >= 15 is 0 Å². The molecule has 0 spiro atoms. The number of aromatic amines is 1. The molecule has 0 saturated heterocycles. The minimum absolute atomic E-state index is 0.126. The number of anilines is 1. The van der Waals surface area contributed by atoms with Gasteiger partial charge in [0.15, 0.2) is 0 Å². The number of carbonyl (C=O) groups excluding carboxylic acids is 2. The summed E-state index contributed by atoms with van der Waals surface area (Å²) in [6.45, 7) is 13.1. The summed E-state index contributed by atoms with van der Waals surface area (Å²) in [5, 5.41) is 9.66. The average Bonchev–Trinajstić information content (AvgIpc) is 3.50. The lowest BCUT2D eigenvalue weighted by Gasteiger charge is -2.22. The van der Waals surface area contributed by atoms with Crippen LogP contribution in [0.3, 0.4) is 0 Å². The number of allylic oxidation sites excluding steroid dienone is 3. The molecule has 2 atom stereocenters. The lowest BCUT2D eigenvalue weighted by Crippen LogP contribution is -2.50. The first-order valence-corrected chi connectivity index (χ1v) is 13.5. The van der Waals surface area contributed by atoms with Crippen LogP contribution in [0.25, 0.3) is 33.3 Å². The molecule has 0 bridgehead atoms. The van der Waals surface area contributed by atoms with Crippen LogP contribution in [-0.4, -0.2) is 45.1 Å². The Bertz CT molecular complexity index is 1620. The SMILES string of the molecule is C=C/C=C(\C=C)Nc1ncnc2ccc(-c3ccc(-c4cnc([C@H](C)NC(=O)[C@@H](NC(=O)OC)C(C)C)[nH]4)cc3)cc12. The predicted octanol–water partition coefficient (Wildman–Crippen LogP) is 5.91. The number of imidazole rings is 1. The number of ether oxygens (including phenoxy) is 1. The zero-order chi connectivity index (χ0) is 30.2. The predicted molar refractivity (Wildman–Crippen MR) is 165 cm³/mol. The quantitative estimate of drug-likeness (QED) is 0.166. The molecule has 0 radical (unpaired) electrons. The van der Waals surface area contributed by atoms with Crippen molar-refractivity contribution in [1.82, 2.24) is 30.6 Å². The summed E-state index contributed by atoms with van der Waals surface area (Å²) < 4.78 is 4.64. The monoisotopic (exact) mass is 565 g/mol. The molecule has 2 aromatic carbocycles. The summed E-state index contributed by atoms with van der Waals surface area (Å²) in [6, 6.07) is 13.0. The van der Waals surface area contributed by atoms with Crippen LogP contribution in [0.5, 0.6) is 0 Å². The Balaban J connectivity index is 1.50. The van der Waals surface area contributed by atoms with Gasteiger partial charge < -0.3 is 25.7 Å². The number of hydrogen-bond acceptors (Lipinski definition) is 7. The maximum absolute atomic E-state index is 12.8. The van der Waals surface area contributed by atoms with Crippen molar-refractivity contribution in [3.05, 3.63) is 97.9 Å². The minimum Gasteiger partial charge on any atom is -0.453 e. The third-order valence-electron chi connectivity index (χ3n) is 6.72. The summed E-state index contributed by atoms with van der Waals surface area (Å²) in [5.41, 5.74) is 5.41. The Morgan fingerprint density at radius 2 is 1.67 bits per heavy atom. The number of methoxy groups -OCH3 is 1. The number of aromatic nitrogens is 4. The molecule has 0 aliphatic heterocycles. The lowest BCUT2D eigenvalue weighted by atomic mass is 10.0. The van der Waals surface area contributed by atoms with Crippen molar-refractivity contribution in [2.24, 2.45) is 5.92 Å². The van der Waals surface area contributed by atoms with Crippen LogP contribution in [0.4, 0.5) is 10.6 Å². The molecule has 0 saturated carbocycles. The second-order valence-electron chi connectivity index (χ2n) is 9.99. The summed E-state index contributed by atoms with van der Waals surface area (Å²) in [6.07, 6.45) is 7.83. The number of fused-ring (bicyclic) bond motifs is 1. The standard InChI is InChI=1S/C32H35N7O3/c1-7-9-24(8-2)37-30-25-16-23(14-15-26(25)34-18-35-30)21-10-12-22(13-11-21)27-17-33-29(38-27)20(5)36-31(40)28(19(3)4)39-32(41)42-6/h7-20,28H,1-2H2,3-6H3,(H,33,38)(H,36,40)(H,39,41)(H,34,35,37)/b24-9+/t20-,28-/m0/s1. The van der Waals surface area contributed by atoms with Gasteiger partial charge in [-0.05, 0) is 53.8 Å². The van der Waals surface area contributed by atoms with Gasteiger partial charge in [-0.3, -0.25) is 4.79 Å². The summed E-state index contributed by atoms with van der Waals surface area (Å²) >= 11 is 0. The normalized spacial score (nSPS) is 12.8. The van der Waals surface area contributed by atoms with Crippen molar-refractivity contribution in [1.29, 1.82) is 0 Å². The van der Waals surface area contributed by atoms with E-state index in [1.807, 2.05) is 63.2 Å². The number of H-pyrrole nitrogens is 1. The first-order valence-electron chi connectivity index (χ1n) is 13.5. The fourth-order valence-electron chi connectivity index (χ4n) is 4.40. The van der Waals surface area contributed by atoms with Crippen LogP contribution in [0, 0.1) is 5.92 Å². The first kappa shape index (κ1) is 29.7. The molecule has 0 unspecified atom stereocenters. The van der Waals surface area contributed by atoms with E-state index in [-0.39, 0.29) is 11.8 Å². The van der Waals surface area contributed by atoms with Gasteiger partial charge in [-0.2, -0.15) is 0 Å². The van der Waals surface area contributed by atoms with Crippen LogP contribution in [0.2, 0.25) is 0 Å². The van der Waals surface area contributed by atoms with Gasteiger partial charge in [-0.15, -0.1) is 0 Å². The largest absolute Gasteiger partial charge is 0.453 e. The smallest absolute Gasteiger partial charge is 0.407 e. The Hall–Kier alpha value is -5.25. The van der Waals surface area contributed by atoms with Crippen molar-refractivity contribution in [2.45, 2.75) is 32.9 Å². The molecule has 2 heterocycles. The molecule has 42 heavy (non-hydrogen) atoms. The highest BCUT2D eigenvalue weighted by molar-refractivity contribution is 5.93. The molecule has 2 aromatic heterocycles. The molecule has 0 fully saturated rings. The van der Waals surface area contributed by atoms with E-state index in [2.05, 4.69) is 59.8 Å². The highest BCUT2D eigenvalue weighted by Gasteiger charge is 2.26. The molecule has 10 nitrogen and oxygen atoms in total. The molecule has 4 rings (SSSR count). The van der Waals surface area contributed by atoms with E-state index in [9.17, 15) is 9.59 Å². The second kappa shape index (κ2) is 13.4. The zero-order valence-electron chi connectivity index (χ0n) is 24.1. The molecule has 4 N–H and O–H groups in total. The number of rotatable bonds is 11. The first-order chi connectivity index (χ1) is 20.2.